The molecule has 232 valence electrons. The van der Waals surface area contributed by atoms with Crippen molar-refractivity contribution in [3.8, 4) is 16.9 Å². The van der Waals surface area contributed by atoms with Crippen LogP contribution in [-0.4, -0.2) is 67.8 Å². The highest BCUT2D eigenvalue weighted by Crippen LogP contribution is 2.34. The van der Waals surface area contributed by atoms with Gasteiger partial charge in [0.25, 0.3) is 0 Å². The lowest BCUT2D eigenvalue weighted by Gasteiger charge is -2.31. The van der Waals surface area contributed by atoms with Gasteiger partial charge in [-0.25, -0.2) is 8.42 Å². The Kier molecular flexibility index (Phi) is 10.6. The monoisotopic (exact) mass is 628 g/mol. The average Bonchev–Trinajstić information content (AvgIpc) is 3.36. The van der Waals surface area contributed by atoms with E-state index in [1.807, 2.05) is 0 Å². The van der Waals surface area contributed by atoms with E-state index in [2.05, 4.69) is 43.4 Å². The van der Waals surface area contributed by atoms with E-state index in [-0.39, 0.29) is 41.4 Å². The number of β-amino-alcohol motifs (C(OH)–C–C–N with tert-alkyl or cyclic N) is 1. The molecule has 4 rings (SSSR count). The molecule has 0 fully saturated rings. The lowest BCUT2D eigenvalue weighted by molar-refractivity contribution is -0.136. The summed E-state index contributed by atoms with van der Waals surface area (Å²) in [6.07, 6.45) is 2.38. The lowest BCUT2D eigenvalue weighted by atomic mass is 9.88. The van der Waals surface area contributed by atoms with Crippen molar-refractivity contribution < 1.29 is 28.2 Å². The van der Waals surface area contributed by atoms with E-state index in [4.69, 9.17) is 21.4 Å². The second-order valence-electron chi connectivity index (χ2n) is 12.0. The molecule has 0 radical (unpaired) electrons. The Morgan fingerprint density at radius 1 is 1.12 bits per heavy atom. The van der Waals surface area contributed by atoms with Crippen molar-refractivity contribution in [2.24, 2.45) is 5.92 Å². The molecule has 0 saturated heterocycles. The summed E-state index contributed by atoms with van der Waals surface area (Å²) in [6.45, 7) is 4.41. The molecule has 0 heterocycles. The SMILES string of the molecule is COc1ccc(-c2ccc(S(=O)(=O)N(C)CC(O)CNC(C)(C)CC3Cc4ccccc4C3)cc2Cl)cc1CCC(=O)O. The Balaban J connectivity index is 1.36. The number of methoxy groups -OCH3 is 1. The molecule has 8 nitrogen and oxygen atoms in total. The van der Waals surface area contributed by atoms with Gasteiger partial charge in [0, 0.05) is 42.7 Å². The fourth-order valence-corrected chi connectivity index (χ4v) is 7.48. The maximum Gasteiger partial charge on any atom is 0.303 e. The first kappa shape index (κ1) is 33.0. The minimum absolute atomic E-state index is 0.0182. The molecule has 1 aliphatic carbocycles. The van der Waals surface area contributed by atoms with Gasteiger partial charge in [-0.2, -0.15) is 4.31 Å². The van der Waals surface area contributed by atoms with Crippen LogP contribution >= 0.6 is 11.6 Å². The summed E-state index contributed by atoms with van der Waals surface area (Å²) < 4.78 is 33.2. The zero-order valence-electron chi connectivity index (χ0n) is 25.1. The topological polar surface area (TPSA) is 116 Å². The van der Waals surface area contributed by atoms with Gasteiger partial charge >= 0.3 is 5.97 Å². The molecule has 3 aromatic rings. The summed E-state index contributed by atoms with van der Waals surface area (Å²) in [6, 6.07) is 18.4. The van der Waals surface area contributed by atoms with Gasteiger partial charge in [0.2, 0.25) is 10.0 Å². The zero-order valence-corrected chi connectivity index (χ0v) is 26.7. The fraction of sp³-hybridized carbons (Fsp3) is 0.424. The summed E-state index contributed by atoms with van der Waals surface area (Å²) in [5, 5.41) is 23.5. The Hall–Kier alpha value is -2.95. The Morgan fingerprint density at radius 2 is 1.79 bits per heavy atom. The number of aliphatic hydroxyl groups is 1. The van der Waals surface area contributed by atoms with Crippen molar-refractivity contribution >= 4 is 27.6 Å². The smallest absolute Gasteiger partial charge is 0.303 e. The van der Waals surface area contributed by atoms with Gasteiger partial charge in [-0.15, -0.1) is 0 Å². The molecule has 1 atom stereocenters. The molecule has 1 unspecified atom stereocenters. The fourth-order valence-electron chi connectivity index (χ4n) is 5.90. The van der Waals surface area contributed by atoms with Crippen molar-refractivity contribution in [1.82, 2.24) is 9.62 Å². The van der Waals surface area contributed by atoms with Gasteiger partial charge in [-0.1, -0.05) is 48.0 Å². The van der Waals surface area contributed by atoms with E-state index in [9.17, 15) is 18.3 Å². The minimum atomic E-state index is -3.92. The van der Waals surface area contributed by atoms with Crippen LogP contribution in [0.3, 0.4) is 0 Å². The van der Waals surface area contributed by atoms with Crippen molar-refractivity contribution in [1.29, 1.82) is 0 Å². The highest BCUT2D eigenvalue weighted by atomic mass is 35.5. The third kappa shape index (κ3) is 8.37. The number of hydrogen-bond donors (Lipinski definition) is 3. The van der Waals surface area contributed by atoms with Crippen LogP contribution < -0.4 is 10.1 Å². The average molecular weight is 629 g/mol. The quantitative estimate of drug-likeness (QED) is 0.225. The van der Waals surface area contributed by atoms with Crippen molar-refractivity contribution in [3.63, 3.8) is 0 Å². The number of carboxylic acids is 1. The van der Waals surface area contributed by atoms with Crippen LogP contribution in [0, 0.1) is 5.92 Å². The maximum absolute atomic E-state index is 13.4. The number of nitrogens with zero attached hydrogens (tertiary/aromatic N) is 1. The summed E-state index contributed by atoms with van der Waals surface area (Å²) in [4.78, 5) is 11.1. The number of benzene rings is 3. The number of nitrogens with one attached hydrogen (secondary N) is 1. The first-order valence-corrected chi connectivity index (χ1v) is 16.3. The molecule has 0 spiro atoms. The molecular formula is C33H41ClN2O6S. The van der Waals surface area contributed by atoms with Gasteiger partial charge in [-0.05, 0) is 92.0 Å². The van der Waals surface area contributed by atoms with Crippen LogP contribution in [0.1, 0.15) is 43.4 Å². The largest absolute Gasteiger partial charge is 0.496 e. The molecule has 0 bridgehead atoms. The molecule has 0 aromatic heterocycles. The number of likely N-dealkylation sites (N-methyl/N-ethyl adjacent to an activating group) is 1. The number of aliphatic carboxylic acids is 1. The minimum Gasteiger partial charge on any atom is -0.496 e. The summed E-state index contributed by atoms with van der Waals surface area (Å²) in [7, 11) is -0.956. The van der Waals surface area contributed by atoms with E-state index in [1.165, 1.54) is 37.4 Å². The number of aliphatic hydroxyl groups excluding tert-OH is 1. The second kappa shape index (κ2) is 13.8. The number of carboxylic acid groups (broad SMARTS) is 1. The van der Waals surface area contributed by atoms with Crippen molar-refractivity contribution in [2.45, 2.75) is 62.5 Å². The van der Waals surface area contributed by atoms with E-state index < -0.39 is 22.1 Å². The first-order valence-electron chi connectivity index (χ1n) is 14.4. The first-order chi connectivity index (χ1) is 20.3. The highest BCUT2D eigenvalue weighted by molar-refractivity contribution is 7.89. The number of fused-ring (bicyclic) bond motifs is 1. The Labute approximate surface area is 259 Å². The number of halogens is 1. The number of sulfonamides is 1. The molecule has 0 aliphatic heterocycles. The van der Waals surface area contributed by atoms with Crippen LogP contribution in [-0.2, 0) is 34.1 Å². The van der Waals surface area contributed by atoms with Crippen LogP contribution in [0.25, 0.3) is 11.1 Å². The zero-order chi connectivity index (χ0) is 31.4. The molecular weight excluding hydrogens is 588 g/mol. The van der Waals surface area contributed by atoms with Gasteiger partial charge in [0.1, 0.15) is 5.75 Å². The van der Waals surface area contributed by atoms with E-state index >= 15 is 0 Å². The Bertz CT molecular complexity index is 1530. The molecule has 3 N–H and O–H groups in total. The maximum atomic E-state index is 13.4. The predicted octanol–water partition coefficient (Wildman–Crippen LogP) is 5.19. The molecule has 3 aromatic carbocycles. The molecule has 1 aliphatic rings. The molecule has 43 heavy (non-hydrogen) atoms. The predicted molar refractivity (Wildman–Crippen MR) is 169 cm³/mol. The van der Waals surface area contributed by atoms with E-state index in [0.717, 1.165) is 23.6 Å². The normalized spacial score (nSPS) is 14.6. The van der Waals surface area contributed by atoms with Crippen molar-refractivity contribution in [2.75, 3.05) is 27.2 Å². The van der Waals surface area contributed by atoms with Gasteiger partial charge in [-0.3, -0.25) is 4.79 Å². The van der Waals surface area contributed by atoms with Gasteiger partial charge in [0.15, 0.2) is 0 Å². The van der Waals surface area contributed by atoms with Gasteiger partial charge < -0.3 is 20.3 Å². The van der Waals surface area contributed by atoms with Crippen molar-refractivity contribution in [3.05, 3.63) is 82.4 Å². The highest BCUT2D eigenvalue weighted by Gasteiger charge is 2.29. The molecule has 0 saturated carbocycles. The third-order valence-electron chi connectivity index (χ3n) is 8.07. The van der Waals surface area contributed by atoms with Gasteiger partial charge in [0.05, 0.1) is 18.1 Å². The second-order valence-corrected chi connectivity index (χ2v) is 14.5. The number of carbonyl (C=O) groups is 1. The Morgan fingerprint density at radius 3 is 2.40 bits per heavy atom. The summed E-state index contributed by atoms with van der Waals surface area (Å²) >= 11 is 6.57. The van der Waals surface area contributed by atoms with Crippen LogP contribution in [0.15, 0.2) is 65.6 Å². The van der Waals surface area contributed by atoms with E-state index in [0.29, 0.717) is 28.4 Å². The number of ether oxygens (including phenoxy) is 1. The number of rotatable bonds is 14. The van der Waals surface area contributed by atoms with Crippen LogP contribution in [0.4, 0.5) is 0 Å². The lowest BCUT2D eigenvalue weighted by Crippen LogP contribution is -2.47. The van der Waals surface area contributed by atoms with Crippen LogP contribution in [0.2, 0.25) is 5.02 Å². The standard InChI is InChI=1S/C33H41ClN2O6S/c1-33(2,19-22-15-23-7-5-6-8-24(23)16-22)35-20-27(37)21-36(3)43(40,41)28-11-12-29(30(34)18-28)25-9-13-31(42-4)26(17-25)10-14-32(38)39/h5-9,11-13,17-18,22,27,35,37H,10,14-16,19-21H2,1-4H3,(H,38,39). The van der Waals surface area contributed by atoms with Crippen LogP contribution in [0.5, 0.6) is 5.75 Å². The number of aryl methyl sites for hydroxylation is 1. The molecule has 10 heteroatoms. The summed E-state index contributed by atoms with van der Waals surface area (Å²) in [5.74, 6) is 0.189. The third-order valence-corrected chi connectivity index (χ3v) is 10.2. The number of hydrogen-bond acceptors (Lipinski definition) is 6. The molecule has 0 amide bonds. The summed E-state index contributed by atoms with van der Waals surface area (Å²) in [5.41, 5.74) is 4.65. The van der Waals surface area contributed by atoms with E-state index in [1.54, 1.807) is 24.3 Å².